The van der Waals surface area contributed by atoms with Gasteiger partial charge >= 0.3 is 297 Å². The van der Waals surface area contributed by atoms with Gasteiger partial charge in [-0.1, -0.05) is 0 Å². The number of carbonyl (C=O) groups is 1. The molecule has 268 valence electrons. The molecule has 48 heavy (non-hydrogen) atoms. The van der Waals surface area contributed by atoms with Crippen molar-refractivity contribution < 1.29 is 24.5 Å². The first-order valence-electron chi connectivity index (χ1n) is 20.2. The van der Waals surface area contributed by atoms with Crippen LogP contribution < -0.4 is 3.58 Å². The van der Waals surface area contributed by atoms with Crippen molar-refractivity contribution in [3.63, 3.8) is 0 Å². The Balaban J connectivity index is 1.36. The second-order valence-electron chi connectivity index (χ2n) is 18.8. The van der Waals surface area contributed by atoms with Crippen molar-refractivity contribution >= 4 is 27.7 Å². The molecule has 5 nitrogen and oxygen atoms in total. The summed E-state index contributed by atoms with van der Waals surface area (Å²) in [7, 11) is 0. The van der Waals surface area contributed by atoms with Crippen LogP contribution in [0.2, 0.25) is 13.3 Å². The molecule has 2 N–H and O–H groups in total. The second kappa shape index (κ2) is 12.6. The average Bonchev–Trinajstić information content (AvgIpc) is 3.36. The third kappa shape index (κ3) is 5.22. The third-order valence-electron chi connectivity index (χ3n) is 15.5. The number of aliphatic hydroxyl groups is 2. The maximum absolute atomic E-state index is 13.7. The van der Waals surface area contributed by atoms with Gasteiger partial charge in [-0.3, -0.25) is 0 Å². The Morgan fingerprint density at radius 2 is 1.50 bits per heavy atom. The standard InChI is InChI=1S/C30H39O5.3C4H9.Sn/c1-25(2)17-34-29(35-18-25)13-12-27-14-19-6-4-5-7-20(19)23-15-26(3)21(8-9-24(26)31)22(30(23,27)33)10-11-28(27,32)16-29;3*1-3-4-2;/h5-7,21-23,32-33H,8-18H2,1-3H3;3*1,3-4H2,2H3;/t21-,22-,23?,26-,27+,28+,30-;;;;/m0..../s1. The molecule has 0 aromatic heterocycles. The number of hydrogen-bond acceptors (Lipinski definition) is 5. The Morgan fingerprint density at radius 3 is 2.12 bits per heavy atom. The fourth-order valence-corrected chi connectivity index (χ4v) is 28.8. The van der Waals surface area contributed by atoms with E-state index in [2.05, 4.69) is 59.7 Å². The molecule has 1 unspecified atom stereocenters. The summed E-state index contributed by atoms with van der Waals surface area (Å²) in [5.74, 6) is -0.304. The Labute approximate surface area is 295 Å². The molecule has 5 aliphatic carbocycles. The molecule has 6 aliphatic rings. The number of carbonyl (C=O) groups excluding carboxylic acids is 1. The van der Waals surface area contributed by atoms with E-state index in [4.69, 9.17) is 9.47 Å². The van der Waals surface area contributed by atoms with Crippen molar-refractivity contribution in [3.05, 3.63) is 29.3 Å². The van der Waals surface area contributed by atoms with E-state index < -0.39 is 46.2 Å². The summed E-state index contributed by atoms with van der Waals surface area (Å²) in [6.07, 6.45) is 13.9. The molecule has 6 heteroatoms. The molecular weight excluding hydrogens is 703 g/mol. The molecule has 2 spiro atoms. The van der Waals surface area contributed by atoms with Crippen molar-refractivity contribution in [1.29, 1.82) is 0 Å². The summed E-state index contributed by atoms with van der Waals surface area (Å²) < 4.78 is 19.1. The first-order chi connectivity index (χ1) is 22.8. The molecule has 1 aromatic carbocycles. The summed E-state index contributed by atoms with van der Waals surface area (Å²) in [5.41, 5.74) is -0.589. The van der Waals surface area contributed by atoms with E-state index in [0.717, 1.165) is 19.3 Å². The van der Waals surface area contributed by atoms with Crippen LogP contribution in [0.5, 0.6) is 0 Å². The van der Waals surface area contributed by atoms with E-state index in [1.807, 2.05) is 0 Å². The number of benzene rings is 1. The molecule has 1 aromatic rings. The molecule has 1 aliphatic heterocycles. The minimum absolute atomic E-state index is 0.0268. The maximum atomic E-state index is 13.7. The van der Waals surface area contributed by atoms with Crippen molar-refractivity contribution in [2.45, 2.75) is 174 Å². The molecule has 0 amide bonds. The number of fused-ring (bicyclic) bond motifs is 4. The normalized spacial score (nSPS) is 39.4. The van der Waals surface area contributed by atoms with Gasteiger partial charge in [-0.2, -0.15) is 0 Å². The van der Waals surface area contributed by atoms with Crippen LogP contribution >= 0.6 is 0 Å². The van der Waals surface area contributed by atoms with Gasteiger partial charge < -0.3 is 0 Å². The second-order valence-corrected chi connectivity index (χ2v) is 32.1. The molecule has 1 saturated heterocycles. The Bertz CT molecular complexity index is 1360. The van der Waals surface area contributed by atoms with Crippen LogP contribution in [0.25, 0.3) is 0 Å². The van der Waals surface area contributed by atoms with Crippen LogP contribution in [0.3, 0.4) is 0 Å². The molecule has 7 rings (SSSR count). The van der Waals surface area contributed by atoms with Crippen molar-refractivity contribution in [2.75, 3.05) is 13.2 Å². The van der Waals surface area contributed by atoms with E-state index in [1.165, 1.54) is 63.0 Å². The van der Waals surface area contributed by atoms with Crippen LogP contribution in [-0.4, -0.2) is 64.6 Å². The van der Waals surface area contributed by atoms with Crippen molar-refractivity contribution in [3.8, 4) is 0 Å². The van der Waals surface area contributed by atoms with E-state index in [-0.39, 0.29) is 23.2 Å². The summed E-state index contributed by atoms with van der Waals surface area (Å²) in [5, 5.41) is 27.0. The zero-order valence-electron chi connectivity index (χ0n) is 31.2. The van der Waals surface area contributed by atoms with E-state index in [9.17, 15) is 15.0 Å². The molecule has 7 atom stereocenters. The molecule has 0 bridgehead atoms. The fourth-order valence-electron chi connectivity index (χ4n) is 12.7. The van der Waals surface area contributed by atoms with Crippen molar-refractivity contribution in [2.24, 2.45) is 28.1 Å². The predicted octanol–water partition coefficient (Wildman–Crippen LogP) is 8.58. The van der Waals surface area contributed by atoms with Gasteiger partial charge in [0, 0.05) is 0 Å². The van der Waals surface area contributed by atoms with Gasteiger partial charge in [-0.15, -0.1) is 0 Å². The molecule has 1 heterocycles. The van der Waals surface area contributed by atoms with Crippen LogP contribution in [0, 0.1) is 28.1 Å². The van der Waals surface area contributed by atoms with E-state index in [1.54, 1.807) is 3.58 Å². The van der Waals surface area contributed by atoms with Crippen LogP contribution in [0.4, 0.5) is 0 Å². The van der Waals surface area contributed by atoms with Crippen LogP contribution in [-0.2, 0) is 20.7 Å². The van der Waals surface area contributed by atoms with Gasteiger partial charge in [-0.25, -0.2) is 0 Å². The fraction of sp³-hybridized carbons (Fsp3) is 0.833. The number of ketones is 1. The number of hydrogen-bond donors (Lipinski definition) is 2. The molecular formula is C42H66O5Sn. The Hall–Kier alpha value is -0.471. The first kappa shape index (κ1) is 35.9. The van der Waals surface area contributed by atoms with Crippen molar-refractivity contribution in [1.82, 2.24) is 0 Å². The molecule has 4 saturated carbocycles. The van der Waals surface area contributed by atoms with Gasteiger partial charge in [-0.05, 0) is 0 Å². The summed E-state index contributed by atoms with van der Waals surface area (Å²) in [6, 6.07) is 7.59. The molecule has 5 fully saturated rings. The van der Waals surface area contributed by atoms with Gasteiger partial charge in [0.15, 0.2) is 0 Å². The summed E-state index contributed by atoms with van der Waals surface area (Å²) in [6.45, 7) is 14.9. The number of Topliss-reactive ketones (excluding diaryl/α,β-unsaturated/α-hetero) is 1. The first-order valence-corrected chi connectivity index (χ1v) is 27.6. The average molecular weight is 770 g/mol. The van der Waals surface area contributed by atoms with Crippen LogP contribution in [0.1, 0.15) is 148 Å². The van der Waals surface area contributed by atoms with Gasteiger partial charge in [0.25, 0.3) is 0 Å². The zero-order chi connectivity index (χ0) is 34.2. The zero-order valence-corrected chi connectivity index (χ0v) is 34.1. The van der Waals surface area contributed by atoms with Gasteiger partial charge in [0.05, 0.1) is 0 Å². The Morgan fingerprint density at radius 1 is 0.854 bits per heavy atom. The van der Waals surface area contributed by atoms with Gasteiger partial charge in [0.2, 0.25) is 0 Å². The predicted molar refractivity (Wildman–Crippen MR) is 195 cm³/mol. The summed E-state index contributed by atoms with van der Waals surface area (Å²) in [4.78, 5) is 13.7. The third-order valence-corrected chi connectivity index (χ3v) is 31.1. The number of ether oxygens (including phenoxy) is 2. The Kier molecular flexibility index (Phi) is 9.42. The van der Waals surface area contributed by atoms with Gasteiger partial charge in [0.1, 0.15) is 0 Å². The van der Waals surface area contributed by atoms with E-state index in [0.29, 0.717) is 57.5 Å². The SMILES string of the molecule is CCC[CH2][Sn]([CH2]CCC)([CH2]CCC)[c]1ccc2c(c1)C[C@]13CCC4(C[C@]1(O)CC[C@H]1[C@@H]5CCC(=O)[C@@]5(C)CC2[C@@]13O)OCC(C)(C)CO4. The van der Waals surface area contributed by atoms with Crippen LogP contribution in [0.15, 0.2) is 18.2 Å². The number of rotatable bonds is 10. The summed E-state index contributed by atoms with van der Waals surface area (Å²) >= 11 is -2.75. The van der Waals surface area contributed by atoms with E-state index >= 15 is 0 Å². The molecule has 0 radical (unpaired) electrons. The quantitative estimate of drug-likeness (QED) is 0.234. The monoisotopic (exact) mass is 770 g/mol. The topological polar surface area (TPSA) is 76.0 Å². The number of unbranched alkanes of at least 4 members (excludes halogenated alkanes) is 3. The minimum atomic E-state index is -2.75.